The quantitative estimate of drug-likeness (QED) is 0.838. The SMILES string of the molecule is CCS(=O)(=O)N1Cc2ccccc2C[C@H]1C(=O)N1CCC[C@H](C)C1. The Morgan fingerprint density at radius 3 is 2.62 bits per heavy atom. The number of likely N-dealkylation sites (tertiary alicyclic amines) is 1. The van der Waals surface area contributed by atoms with Crippen LogP contribution in [0.4, 0.5) is 0 Å². The van der Waals surface area contributed by atoms with Crippen molar-refractivity contribution in [2.45, 2.75) is 45.7 Å². The van der Waals surface area contributed by atoms with Gasteiger partial charge in [0.2, 0.25) is 15.9 Å². The molecule has 2 aliphatic heterocycles. The van der Waals surface area contributed by atoms with Gasteiger partial charge in [-0.1, -0.05) is 31.2 Å². The van der Waals surface area contributed by atoms with Gasteiger partial charge in [0.25, 0.3) is 0 Å². The van der Waals surface area contributed by atoms with Gasteiger partial charge in [0.05, 0.1) is 5.75 Å². The van der Waals surface area contributed by atoms with E-state index in [1.807, 2.05) is 29.2 Å². The lowest BCUT2D eigenvalue weighted by molar-refractivity contribution is -0.137. The van der Waals surface area contributed by atoms with Crippen molar-refractivity contribution >= 4 is 15.9 Å². The van der Waals surface area contributed by atoms with Crippen LogP contribution in [-0.2, 0) is 27.8 Å². The summed E-state index contributed by atoms with van der Waals surface area (Å²) < 4.78 is 26.6. The third-order valence-corrected chi connectivity index (χ3v) is 7.01. The molecule has 2 heterocycles. The Morgan fingerprint density at radius 1 is 1.25 bits per heavy atom. The first-order chi connectivity index (χ1) is 11.4. The second kappa shape index (κ2) is 6.84. The summed E-state index contributed by atoms with van der Waals surface area (Å²) in [6.45, 7) is 5.56. The summed E-state index contributed by atoms with van der Waals surface area (Å²) in [5, 5.41) is 0. The van der Waals surface area contributed by atoms with Crippen molar-refractivity contribution < 1.29 is 13.2 Å². The summed E-state index contributed by atoms with van der Waals surface area (Å²) in [5.74, 6) is 0.470. The van der Waals surface area contributed by atoms with Gasteiger partial charge in [-0.05, 0) is 43.2 Å². The first-order valence-corrected chi connectivity index (χ1v) is 10.4. The summed E-state index contributed by atoms with van der Waals surface area (Å²) in [6.07, 6.45) is 2.60. The van der Waals surface area contributed by atoms with Gasteiger partial charge in [0, 0.05) is 19.6 Å². The van der Waals surface area contributed by atoms with Gasteiger partial charge in [0.15, 0.2) is 0 Å². The zero-order valence-corrected chi connectivity index (χ0v) is 15.3. The van der Waals surface area contributed by atoms with E-state index in [9.17, 15) is 13.2 Å². The van der Waals surface area contributed by atoms with Crippen LogP contribution in [0.25, 0.3) is 0 Å². The number of amides is 1. The molecule has 0 saturated carbocycles. The number of nitrogens with zero attached hydrogens (tertiary/aromatic N) is 2. The van der Waals surface area contributed by atoms with E-state index < -0.39 is 16.1 Å². The normalized spacial score (nSPS) is 25.3. The predicted molar refractivity (Wildman–Crippen MR) is 93.9 cm³/mol. The molecule has 3 rings (SSSR count). The van der Waals surface area contributed by atoms with Crippen molar-refractivity contribution in [3.05, 3.63) is 35.4 Å². The number of sulfonamides is 1. The Bertz CT molecular complexity index is 717. The van der Waals surface area contributed by atoms with E-state index in [-0.39, 0.29) is 11.7 Å². The molecule has 0 unspecified atom stereocenters. The molecule has 0 aromatic heterocycles. The summed E-state index contributed by atoms with van der Waals surface area (Å²) in [6, 6.07) is 7.23. The first-order valence-electron chi connectivity index (χ1n) is 8.77. The lowest BCUT2D eigenvalue weighted by atomic mass is 9.93. The van der Waals surface area contributed by atoms with Gasteiger partial charge < -0.3 is 4.90 Å². The molecular formula is C18H26N2O3S. The second-order valence-electron chi connectivity index (χ2n) is 6.97. The van der Waals surface area contributed by atoms with Gasteiger partial charge in [-0.3, -0.25) is 4.79 Å². The second-order valence-corrected chi connectivity index (χ2v) is 9.18. The number of piperidine rings is 1. The van der Waals surface area contributed by atoms with Crippen LogP contribution in [0.5, 0.6) is 0 Å². The minimum Gasteiger partial charge on any atom is -0.341 e. The maximum Gasteiger partial charge on any atom is 0.241 e. The van der Waals surface area contributed by atoms with Crippen LogP contribution in [0.3, 0.4) is 0 Å². The van der Waals surface area contributed by atoms with Gasteiger partial charge in [0.1, 0.15) is 6.04 Å². The predicted octanol–water partition coefficient (Wildman–Crippen LogP) is 2.02. The highest BCUT2D eigenvalue weighted by molar-refractivity contribution is 7.89. The highest BCUT2D eigenvalue weighted by atomic mass is 32.2. The molecule has 1 amide bonds. The number of hydrogen-bond donors (Lipinski definition) is 0. The number of fused-ring (bicyclic) bond motifs is 1. The Kier molecular flexibility index (Phi) is 4.97. The Hall–Kier alpha value is -1.40. The van der Waals surface area contributed by atoms with Crippen LogP contribution in [0.2, 0.25) is 0 Å². The van der Waals surface area contributed by atoms with E-state index in [1.54, 1.807) is 6.92 Å². The molecule has 132 valence electrons. The molecule has 0 radical (unpaired) electrons. The fourth-order valence-corrected chi connectivity index (χ4v) is 4.99. The van der Waals surface area contributed by atoms with E-state index in [1.165, 1.54) is 4.31 Å². The first kappa shape index (κ1) is 17.4. The fraction of sp³-hybridized carbons (Fsp3) is 0.611. The van der Waals surface area contributed by atoms with E-state index in [0.717, 1.165) is 37.1 Å². The molecule has 0 N–H and O–H groups in total. The summed E-state index contributed by atoms with van der Waals surface area (Å²) in [5.41, 5.74) is 2.09. The summed E-state index contributed by atoms with van der Waals surface area (Å²) in [4.78, 5) is 15.0. The molecule has 1 aromatic carbocycles. The average Bonchev–Trinajstić information content (AvgIpc) is 2.60. The minimum atomic E-state index is -3.42. The molecule has 2 aliphatic rings. The number of hydrogen-bond acceptors (Lipinski definition) is 3. The largest absolute Gasteiger partial charge is 0.341 e. The molecule has 5 nitrogen and oxygen atoms in total. The molecule has 1 saturated heterocycles. The molecule has 24 heavy (non-hydrogen) atoms. The molecular weight excluding hydrogens is 324 g/mol. The van der Waals surface area contributed by atoms with Crippen LogP contribution in [0, 0.1) is 5.92 Å². The standard InChI is InChI=1S/C18H26N2O3S/c1-3-24(22,23)20-13-16-9-5-4-8-15(16)11-17(20)18(21)19-10-6-7-14(2)12-19/h4-5,8-9,14,17H,3,6-7,10-13H2,1-2H3/t14-,17-/m0/s1. The van der Waals surface area contributed by atoms with E-state index in [0.29, 0.717) is 18.9 Å². The lowest BCUT2D eigenvalue weighted by Gasteiger charge is -2.39. The van der Waals surface area contributed by atoms with Crippen molar-refractivity contribution in [1.82, 2.24) is 9.21 Å². The molecule has 1 aromatic rings. The molecule has 0 aliphatic carbocycles. The number of rotatable bonds is 3. The van der Waals surface area contributed by atoms with Crippen LogP contribution >= 0.6 is 0 Å². The van der Waals surface area contributed by atoms with Gasteiger partial charge >= 0.3 is 0 Å². The average molecular weight is 350 g/mol. The van der Waals surface area contributed by atoms with Crippen molar-refractivity contribution in [2.75, 3.05) is 18.8 Å². The van der Waals surface area contributed by atoms with Crippen molar-refractivity contribution in [3.8, 4) is 0 Å². The molecule has 1 fully saturated rings. The van der Waals surface area contributed by atoms with Crippen molar-refractivity contribution in [2.24, 2.45) is 5.92 Å². The Labute approximate surface area is 144 Å². The minimum absolute atomic E-state index is 0.0232. The molecule has 0 spiro atoms. The maximum absolute atomic E-state index is 13.1. The highest BCUT2D eigenvalue weighted by Crippen LogP contribution is 2.28. The summed E-state index contributed by atoms with van der Waals surface area (Å²) >= 11 is 0. The van der Waals surface area contributed by atoms with Crippen molar-refractivity contribution in [3.63, 3.8) is 0 Å². The van der Waals surface area contributed by atoms with Crippen LogP contribution in [0.1, 0.15) is 37.8 Å². The Morgan fingerprint density at radius 2 is 1.96 bits per heavy atom. The number of carbonyl (C=O) groups excluding carboxylic acids is 1. The molecule has 6 heteroatoms. The third-order valence-electron chi connectivity index (χ3n) is 5.18. The van der Waals surface area contributed by atoms with Crippen LogP contribution in [-0.4, -0.2) is 48.4 Å². The van der Waals surface area contributed by atoms with E-state index in [4.69, 9.17) is 0 Å². The number of carbonyl (C=O) groups is 1. The van der Waals surface area contributed by atoms with Gasteiger partial charge in [-0.25, -0.2) is 8.42 Å². The van der Waals surface area contributed by atoms with E-state index in [2.05, 4.69) is 6.92 Å². The third kappa shape index (κ3) is 3.35. The van der Waals surface area contributed by atoms with Crippen LogP contribution < -0.4 is 0 Å². The topological polar surface area (TPSA) is 57.7 Å². The van der Waals surface area contributed by atoms with Crippen LogP contribution in [0.15, 0.2) is 24.3 Å². The lowest BCUT2D eigenvalue weighted by Crippen LogP contribution is -2.55. The monoisotopic (exact) mass is 350 g/mol. The maximum atomic E-state index is 13.1. The van der Waals surface area contributed by atoms with Gasteiger partial charge in [-0.2, -0.15) is 4.31 Å². The zero-order chi connectivity index (χ0) is 17.3. The highest BCUT2D eigenvalue weighted by Gasteiger charge is 2.40. The fourth-order valence-electron chi connectivity index (χ4n) is 3.77. The molecule has 2 atom stereocenters. The number of benzene rings is 1. The Balaban J connectivity index is 1.92. The smallest absolute Gasteiger partial charge is 0.241 e. The molecule has 0 bridgehead atoms. The van der Waals surface area contributed by atoms with Crippen molar-refractivity contribution in [1.29, 1.82) is 0 Å². The van der Waals surface area contributed by atoms with E-state index >= 15 is 0 Å². The summed E-state index contributed by atoms with van der Waals surface area (Å²) in [7, 11) is -3.42. The zero-order valence-electron chi connectivity index (χ0n) is 14.4. The van der Waals surface area contributed by atoms with Gasteiger partial charge in [-0.15, -0.1) is 0 Å².